The zero-order chi connectivity index (χ0) is 13.1. The highest BCUT2D eigenvalue weighted by Gasteiger charge is 2.12. The van der Waals surface area contributed by atoms with Crippen molar-refractivity contribution in [1.29, 1.82) is 0 Å². The van der Waals surface area contributed by atoms with Gasteiger partial charge in [-0.25, -0.2) is 0 Å². The molecule has 0 saturated carbocycles. The van der Waals surface area contributed by atoms with Gasteiger partial charge in [-0.15, -0.1) is 0 Å². The van der Waals surface area contributed by atoms with Gasteiger partial charge >= 0.3 is 0 Å². The molecule has 2 rings (SSSR count). The number of aryl methyl sites for hydroxylation is 3. The van der Waals surface area contributed by atoms with Crippen molar-refractivity contribution in [2.75, 3.05) is 7.05 Å². The van der Waals surface area contributed by atoms with Gasteiger partial charge in [0.1, 0.15) is 0 Å². The van der Waals surface area contributed by atoms with Gasteiger partial charge in [-0.3, -0.25) is 4.98 Å². The quantitative estimate of drug-likeness (QED) is 0.890. The van der Waals surface area contributed by atoms with Gasteiger partial charge in [-0.2, -0.15) is 0 Å². The van der Waals surface area contributed by atoms with Crippen LogP contribution in [0.2, 0.25) is 0 Å². The van der Waals surface area contributed by atoms with Crippen LogP contribution in [0.1, 0.15) is 34.0 Å². The molecule has 1 atom stereocenters. The minimum Gasteiger partial charge on any atom is -0.309 e. The first-order chi connectivity index (χ1) is 8.60. The van der Waals surface area contributed by atoms with Crippen molar-refractivity contribution in [3.8, 4) is 0 Å². The van der Waals surface area contributed by atoms with Crippen LogP contribution in [0.4, 0.5) is 0 Å². The summed E-state index contributed by atoms with van der Waals surface area (Å²) in [4.78, 5) is 4.26. The smallest absolute Gasteiger partial charge is 0.0575 e. The van der Waals surface area contributed by atoms with E-state index in [2.05, 4.69) is 54.5 Å². The minimum absolute atomic E-state index is 0.227. The van der Waals surface area contributed by atoms with Crippen molar-refractivity contribution >= 4 is 0 Å². The highest BCUT2D eigenvalue weighted by molar-refractivity contribution is 5.36. The fraction of sp³-hybridized carbons (Fsp3) is 0.312. The van der Waals surface area contributed by atoms with Crippen molar-refractivity contribution in [2.45, 2.75) is 26.8 Å². The molecule has 0 aliphatic heterocycles. The fourth-order valence-electron chi connectivity index (χ4n) is 2.45. The first kappa shape index (κ1) is 12.8. The maximum absolute atomic E-state index is 4.26. The lowest BCUT2D eigenvalue weighted by atomic mass is 9.96. The lowest BCUT2D eigenvalue weighted by molar-refractivity contribution is 0.688. The monoisotopic (exact) mass is 240 g/mol. The Kier molecular flexibility index (Phi) is 3.78. The maximum atomic E-state index is 4.26. The molecule has 0 saturated heterocycles. The number of hydrogen-bond donors (Lipinski definition) is 1. The SMILES string of the molecule is CNC(c1cc(C)cc(C)c1)c1ccnc(C)c1. The van der Waals surface area contributed by atoms with Crippen LogP contribution in [0.25, 0.3) is 0 Å². The van der Waals surface area contributed by atoms with E-state index in [9.17, 15) is 0 Å². The van der Waals surface area contributed by atoms with Crippen LogP contribution >= 0.6 is 0 Å². The van der Waals surface area contributed by atoms with Crippen molar-refractivity contribution in [3.63, 3.8) is 0 Å². The normalized spacial score (nSPS) is 12.4. The molecule has 2 heteroatoms. The molecule has 0 spiro atoms. The second kappa shape index (κ2) is 5.32. The van der Waals surface area contributed by atoms with E-state index in [0.29, 0.717) is 0 Å². The average Bonchev–Trinajstić information content (AvgIpc) is 2.28. The Morgan fingerprint density at radius 2 is 1.61 bits per heavy atom. The summed E-state index contributed by atoms with van der Waals surface area (Å²) in [6.45, 7) is 6.31. The standard InChI is InChI=1S/C16H20N2/c1-11-7-12(2)9-15(8-11)16(17-4)14-5-6-18-13(3)10-14/h5-10,16-17H,1-4H3. The highest BCUT2D eigenvalue weighted by atomic mass is 14.9. The molecule has 0 radical (unpaired) electrons. The van der Waals surface area contributed by atoms with E-state index >= 15 is 0 Å². The van der Waals surface area contributed by atoms with Crippen LogP contribution < -0.4 is 5.32 Å². The summed E-state index contributed by atoms with van der Waals surface area (Å²) >= 11 is 0. The summed E-state index contributed by atoms with van der Waals surface area (Å²) in [7, 11) is 2.00. The Morgan fingerprint density at radius 3 is 2.17 bits per heavy atom. The van der Waals surface area contributed by atoms with Crippen LogP contribution in [0, 0.1) is 20.8 Å². The molecule has 18 heavy (non-hydrogen) atoms. The summed E-state index contributed by atoms with van der Waals surface area (Å²) in [5.74, 6) is 0. The molecule has 2 aromatic rings. The van der Waals surface area contributed by atoms with E-state index in [1.165, 1.54) is 22.3 Å². The van der Waals surface area contributed by atoms with Gasteiger partial charge in [-0.05, 0) is 51.1 Å². The van der Waals surface area contributed by atoms with Crippen LogP contribution in [-0.2, 0) is 0 Å². The highest BCUT2D eigenvalue weighted by Crippen LogP contribution is 2.23. The zero-order valence-electron chi connectivity index (χ0n) is 11.5. The Bertz CT molecular complexity index is 526. The van der Waals surface area contributed by atoms with Crippen LogP contribution in [0.3, 0.4) is 0 Å². The van der Waals surface area contributed by atoms with E-state index in [1.54, 1.807) is 0 Å². The van der Waals surface area contributed by atoms with Crippen LogP contribution in [0.5, 0.6) is 0 Å². The van der Waals surface area contributed by atoms with E-state index in [-0.39, 0.29) is 6.04 Å². The number of aromatic nitrogens is 1. The summed E-state index contributed by atoms with van der Waals surface area (Å²) in [5, 5.41) is 3.39. The molecule has 1 N–H and O–H groups in total. The topological polar surface area (TPSA) is 24.9 Å². The average molecular weight is 240 g/mol. The molecule has 0 aliphatic carbocycles. The number of rotatable bonds is 3. The van der Waals surface area contributed by atoms with E-state index < -0.39 is 0 Å². The Labute approximate surface area is 109 Å². The molecule has 0 bridgehead atoms. The summed E-state index contributed by atoms with van der Waals surface area (Å²) in [6, 6.07) is 11.1. The Morgan fingerprint density at radius 1 is 0.944 bits per heavy atom. The second-order valence-corrected chi connectivity index (χ2v) is 4.87. The van der Waals surface area contributed by atoms with Gasteiger partial charge in [0.15, 0.2) is 0 Å². The lowest BCUT2D eigenvalue weighted by Crippen LogP contribution is -2.18. The number of pyridine rings is 1. The molecule has 0 fully saturated rings. The molecule has 94 valence electrons. The molecular formula is C16H20N2. The van der Waals surface area contributed by atoms with Crippen molar-refractivity contribution in [1.82, 2.24) is 10.3 Å². The Hall–Kier alpha value is -1.67. The number of benzene rings is 1. The molecular weight excluding hydrogens is 220 g/mol. The summed E-state index contributed by atoms with van der Waals surface area (Å²) in [6.07, 6.45) is 1.87. The lowest BCUT2D eigenvalue weighted by Gasteiger charge is -2.18. The first-order valence-electron chi connectivity index (χ1n) is 6.28. The fourth-order valence-corrected chi connectivity index (χ4v) is 2.45. The van der Waals surface area contributed by atoms with Gasteiger partial charge in [0, 0.05) is 11.9 Å². The molecule has 1 aromatic heterocycles. The van der Waals surface area contributed by atoms with Crippen molar-refractivity contribution < 1.29 is 0 Å². The molecule has 1 unspecified atom stereocenters. The van der Waals surface area contributed by atoms with Crippen molar-refractivity contribution in [3.05, 3.63) is 64.5 Å². The number of hydrogen-bond acceptors (Lipinski definition) is 2. The molecule has 1 aromatic carbocycles. The predicted molar refractivity (Wildman–Crippen MR) is 75.8 cm³/mol. The molecule has 2 nitrogen and oxygen atoms in total. The largest absolute Gasteiger partial charge is 0.309 e. The summed E-state index contributed by atoms with van der Waals surface area (Å²) in [5.41, 5.74) is 6.22. The Balaban J connectivity index is 2.45. The zero-order valence-corrected chi connectivity index (χ0v) is 11.5. The van der Waals surface area contributed by atoms with Gasteiger partial charge < -0.3 is 5.32 Å². The number of nitrogens with zero attached hydrogens (tertiary/aromatic N) is 1. The summed E-state index contributed by atoms with van der Waals surface area (Å²) < 4.78 is 0. The molecule has 0 amide bonds. The van der Waals surface area contributed by atoms with Gasteiger partial charge in [0.25, 0.3) is 0 Å². The van der Waals surface area contributed by atoms with Crippen LogP contribution in [0.15, 0.2) is 36.5 Å². The van der Waals surface area contributed by atoms with Crippen molar-refractivity contribution in [2.24, 2.45) is 0 Å². The minimum atomic E-state index is 0.227. The van der Waals surface area contributed by atoms with Gasteiger partial charge in [0.05, 0.1) is 6.04 Å². The molecule has 1 heterocycles. The van der Waals surface area contributed by atoms with Gasteiger partial charge in [0.2, 0.25) is 0 Å². The third-order valence-electron chi connectivity index (χ3n) is 3.12. The first-order valence-corrected chi connectivity index (χ1v) is 6.28. The van der Waals surface area contributed by atoms with E-state index in [0.717, 1.165) is 5.69 Å². The van der Waals surface area contributed by atoms with Crippen LogP contribution in [-0.4, -0.2) is 12.0 Å². The third kappa shape index (κ3) is 2.77. The third-order valence-corrected chi connectivity index (χ3v) is 3.12. The van der Waals surface area contributed by atoms with E-state index in [4.69, 9.17) is 0 Å². The predicted octanol–water partition coefficient (Wildman–Crippen LogP) is 3.32. The van der Waals surface area contributed by atoms with E-state index in [1.807, 2.05) is 20.2 Å². The van der Waals surface area contributed by atoms with Gasteiger partial charge in [-0.1, -0.05) is 29.3 Å². The number of nitrogens with one attached hydrogen (secondary N) is 1. The molecule has 0 aliphatic rings. The second-order valence-electron chi connectivity index (χ2n) is 4.87. The maximum Gasteiger partial charge on any atom is 0.0575 e.